The fourth-order valence-electron chi connectivity index (χ4n) is 2.77. The van der Waals surface area contributed by atoms with Crippen LogP contribution in [0.25, 0.3) is 0 Å². The van der Waals surface area contributed by atoms with Crippen molar-refractivity contribution in [3.8, 4) is 0 Å². The molecule has 2 heterocycles. The van der Waals surface area contributed by atoms with Gasteiger partial charge in [-0.15, -0.1) is 11.8 Å². The summed E-state index contributed by atoms with van der Waals surface area (Å²) in [5.41, 5.74) is 0.644. The van der Waals surface area contributed by atoms with E-state index < -0.39 is 0 Å². The first-order chi connectivity index (χ1) is 10.5. The van der Waals surface area contributed by atoms with Gasteiger partial charge in [-0.25, -0.2) is 4.98 Å². The third-order valence-electron chi connectivity index (χ3n) is 3.84. The predicted molar refractivity (Wildman–Crippen MR) is 89.4 cm³/mol. The van der Waals surface area contributed by atoms with E-state index in [0.29, 0.717) is 12.1 Å². The zero-order valence-electron chi connectivity index (χ0n) is 13.7. The number of aromatic nitrogens is 1. The number of pyridine rings is 1. The van der Waals surface area contributed by atoms with Crippen molar-refractivity contribution < 1.29 is 9.53 Å². The average molecular weight is 323 g/mol. The summed E-state index contributed by atoms with van der Waals surface area (Å²) in [5, 5.41) is 3.79. The van der Waals surface area contributed by atoms with Gasteiger partial charge in [0.1, 0.15) is 5.03 Å². The largest absolute Gasteiger partial charge is 0.373 e. The van der Waals surface area contributed by atoms with E-state index in [9.17, 15) is 4.79 Å². The number of rotatable bonds is 5. The average Bonchev–Trinajstić information content (AvgIpc) is 2.51. The Kier molecular flexibility index (Phi) is 6.23. The first-order valence-corrected chi connectivity index (χ1v) is 8.90. The molecule has 122 valence electrons. The lowest BCUT2D eigenvalue weighted by Gasteiger charge is -2.39. The van der Waals surface area contributed by atoms with Gasteiger partial charge in [0.05, 0.1) is 17.8 Å². The minimum absolute atomic E-state index is 0.0568. The van der Waals surface area contributed by atoms with Gasteiger partial charge in [0.15, 0.2) is 0 Å². The fourth-order valence-corrected chi connectivity index (χ4v) is 3.32. The van der Waals surface area contributed by atoms with E-state index in [4.69, 9.17) is 4.74 Å². The number of carbonyl (C=O) groups is 1. The monoisotopic (exact) mass is 323 g/mol. The van der Waals surface area contributed by atoms with Gasteiger partial charge >= 0.3 is 0 Å². The second kappa shape index (κ2) is 7.94. The number of amides is 1. The number of nitrogens with one attached hydrogen (secondary N) is 1. The lowest BCUT2D eigenvalue weighted by Crippen LogP contribution is -2.52. The van der Waals surface area contributed by atoms with Crippen LogP contribution in [-0.4, -0.2) is 59.9 Å². The summed E-state index contributed by atoms with van der Waals surface area (Å²) in [5.74, 6) is -0.0568. The normalized spacial score (nSPS) is 24.0. The Labute approximate surface area is 136 Å². The SMILES string of the molecule is CSc1ncccc1C(=O)NCC(C)N1CC(C)OC(C)C1. The lowest BCUT2D eigenvalue weighted by atomic mass is 10.1. The van der Waals surface area contributed by atoms with Crippen LogP contribution in [0, 0.1) is 0 Å². The molecule has 1 aromatic rings. The number of ether oxygens (including phenoxy) is 1. The summed E-state index contributed by atoms with van der Waals surface area (Å²) in [4.78, 5) is 18.9. The first-order valence-electron chi connectivity index (χ1n) is 7.68. The molecule has 1 N–H and O–H groups in total. The quantitative estimate of drug-likeness (QED) is 0.840. The van der Waals surface area contributed by atoms with Crippen molar-refractivity contribution in [2.45, 2.75) is 44.0 Å². The molecule has 2 rings (SSSR count). The summed E-state index contributed by atoms with van der Waals surface area (Å²) >= 11 is 1.49. The van der Waals surface area contributed by atoms with Gasteiger partial charge in [-0.3, -0.25) is 9.69 Å². The summed E-state index contributed by atoms with van der Waals surface area (Å²) in [6.07, 6.45) is 4.12. The molecule has 3 unspecified atom stereocenters. The van der Waals surface area contributed by atoms with Crippen LogP contribution in [0.5, 0.6) is 0 Å². The maximum Gasteiger partial charge on any atom is 0.254 e. The molecule has 0 spiro atoms. The highest BCUT2D eigenvalue weighted by molar-refractivity contribution is 7.98. The number of hydrogen-bond donors (Lipinski definition) is 1. The highest BCUT2D eigenvalue weighted by Crippen LogP contribution is 2.17. The molecular weight excluding hydrogens is 298 g/mol. The molecule has 1 fully saturated rings. The van der Waals surface area contributed by atoms with Crippen molar-refractivity contribution in [3.05, 3.63) is 23.9 Å². The molecule has 3 atom stereocenters. The van der Waals surface area contributed by atoms with Crippen LogP contribution in [-0.2, 0) is 4.74 Å². The molecule has 0 aromatic carbocycles. The predicted octanol–water partition coefficient (Wildman–Crippen LogP) is 2.03. The molecule has 0 bridgehead atoms. The van der Waals surface area contributed by atoms with Crippen molar-refractivity contribution in [1.82, 2.24) is 15.2 Å². The van der Waals surface area contributed by atoms with Crippen molar-refractivity contribution in [2.24, 2.45) is 0 Å². The summed E-state index contributed by atoms with van der Waals surface area (Å²) in [6, 6.07) is 3.90. The number of thioether (sulfide) groups is 1. The van der Waals surface area contributed by atoms with Gasteiger partial charge in [-0.2, -0.15) is 0 Å². The Morgan fingerprint density at radius 2 is 2.18 bits per heavy atom. The van der Waals surface area contributed by atoms with E-state index in [0.717, 1.165) is 18.1 Å². The summed E-state index contributed by atoms with van der Waals surface area (Å²) < 4.78 is 5.75. The van der Waals surface area contributed by atoms with E-state index in [1.54, 1.807) is 12.3 Å². The maximum atomic E-state index is 12.3. The van der Waals surface area contributed by atoms with Crippen molar-refractivity contribution >= 4 is 17.7 Å². The second-order valence-electron chi connectivity index (χ2n) is 5.83. The number of hydrogen-bond acceptors (Lipinski definition) is 5. The Hall–Kier alpha value is -1.11. The zero-order valence-corrected chi connectivity index (χ0v) is 14.5. The minimum atomic E-state index is -0.0568. The van der Waals surface area contributed by atoms with Crippen molar-refractivity contribution in [3.63, 3.8) is 0 Å². The summed E-state index contributed by atoms with van der Waals surface area (Å²) in [6.45, 7) is 8.77. The van der Waals surface area contributed by atoms with Gasteiger partial charge in [0, 0.05) is 31.9 Å². The van der Waals surface area contributed by atoms with E-state index in [2.05, 4.69) is 36.0 Å². The van der Waals surface area contributed by atoms with Crippen LogP contribution in [0.1, 0.15) is 31.1 Å². The molecule has 0 aliphatic carbocycles. The van der Waals surface area contributed by atoms with E-state index >= 15 is 0 Å². The zero-order chi connectivity index (χ0) is 16.1. The van der Waals surface area contributed by atoms with Gasteiger partial charge in [0.2, 0.25) is 0 Å². The van der Waals surface area contributed by atoms with Crippen molar-refractivity contribution in [1.29, 1.82) is 0 Å². The van der Waals surface area contributed by atoms with Crippen molar-refractivity contribution in [2.75, 3.05) is 25.9 Å². The molecule has 1 amide bonds. The minimum Gasteiger partial charge on any atom is -0.373 e. The van der Waals surface area contributed by atoms with E-state index in [1.165, 1.54) is 11.8 Å². The molecule has 1 aliphatic rings. The summed E-state index contributed by atoms with van der Waals surface area (Å²) in [7, 11) is 0. The molecule has 1 aliphatic heterocycles. The van der Waals surface area contributed by atoms with Gasteiger partial charge in [-0.1, -0.05) is 0 Å². The highest BCUT2D eigenvalue weighted by atomic mass is 32.2. The Balaban J connectivity index is 1.90. The Bertz CT molecular complexity index is 502. The van der Waals surface area contributed by atoms with Crippen LogP contribution in [0.3, 0.4) is 0 Å². The molecule has 0 radical (unpaired) electrons. The molecule has 0 saturated carbocycles. The molecule has 6 heteroatoms. The van der Waals surface area contributed by atoms with Crippen LogP contribution >= 0.6 is 11.8 Å². The van der Waals surface area contributed by atoms with Gasteiger partial charge in [-0.05, 0) is 39.2 Å². The standard InChI is InChI=1S/C16H25N3O2S/c1-11(19-9-12(2)21-13(3)10-19)8-18-15(20)14-6-5-7-17-16(14)22-4/h5-7,11-13H,8-10H2,1-4H3,(H,18,20). The number of nitrogens with zero attached hydrogens (tertiary/aromatic N) is 2. The van der Waals surface area contributed by atoms with Crippen LogP contribution < -0.4 is 5.32 Å². The Morgan fingerprint density at radius 1 is 1.50 bits per heavy atom. The Morgan fingerprint density at radius 3 is 2.82 bits per heavy atom. The molecule has 1 saturated heterocycles. The van der Waals surface area contributed by atoms with E-state index in [1.807, 2.05) is 12.3 Å². The molecule has 22 heavy (non-hydrogen) atoms. The first kappa shape index (κ1) is 17.2. The lowest BCUT2D eigenvalue weighted by molar-refractivity contribution is -0.0778. The number of carbonyl (C=O) groups excluding carboxylic acids is 1. The van der Waals surface area contributed by atoms with Gasteiger partial charge in [0.25, 0.3) is 5.91 Å². The number of morpholine rings is 1. The van der Waals surface area contributed by atoms with Crippen LogP contribution in [0.2, 0.25) is 0 Å². The highest BCUT2D eigenvalue weighted by Gasteiger charge is 2.26. The second-order valence-corrected chi connectivity index (χ2v) is 6.63. The third kappa shape index (κ3) is 4.44. The molecular formula is C16H25N3O2S. The van der Waals surface area contributed by atoms with Crippen LogP contribution in [0.4, 0.5) is 0 Å². The third-order valence-corrected chi connectivity index (χ3v) is 4.55. The topological polar surface area (TPSA) is 54.5 Å². The van der Waals surface area contributed by atoms with Gasteiger partial charge < -0.3 is 10.1 Å². The molecule has 1 aromatic heterocycles. The maximum absolute atomic E-state index is 12.3. The molecule has 5 nitrogen and oxygen atoms in total. The van der Waals surface area contributed by atoms with Crippen LogP contribution in [0.15, 0.2) is 23.4 Å². The smallest absolute Gasteiger partial charge is 0.254 e. The van der Waals surface area contributed by atoms with E-state index in [-0.39, 0.29) is 24.2 Å². The fraction of sp³-hybridized carbons (Fsp3) is 0.625.